The molecule has 1 saturated carbocycles. The topological polar surface area (TPSA) is 95.0 Å². The molecule has 1 aromatic rings. The summed E-state index contributed by atoms with van der Waals surface area (Å²) < 4.78 is 0. The molecule has 0 radical (unpaired) electrons. The minimum Gasteiger partial charge on any atom is -0.479 e. The molecule has 1 N–H and O–H groups in total. The summed E-state index contributed by atoms with van der Waals surface area (Å²) in [6, 6.07) is 4.95. The Kier molecular flexibility index (Phi) is 4.56. The van der Waals surface area contributed by atoms with Crippen molar-refractivity contribution in [2.75, 3.05) is 13.6 Å². The van der Waals surface area contributed by atoms with Gasteiger partial charge in [0.15, 0.2) is 0 Å². The fraction of sp³-hybridized carbons (Fsp3) is 0.474. The summed E-state index contributed by atoms with van der Waals surface area (Å²) in [5.74, 6) is -2.60. The van der Waals surface area contributed by atoms with Crippen LogP contribution in [0.15, 0.2) is 18.2 Å². The fourth-order valence-corrected chi connectivity index (χ4v) is 3.86. The highest BCUT2D eigenvalue weighted by Gasteiger charge is 2.46. The molecule has 3 rings (SSSR count). The molecule has 7 nitrogen and oxygen atoms in total. The van der Waals surface area contributed by atoms with Crippen molar-refractivity contribution < 1.29 is 24.3 Å². The van der Waals surface area contributed by atoms with Gasteiger partial charge in [0.1, 0.15) is 12.1 Å². The number of imide groups is 1. The zero-order valence-corrected chi connectivity index (χ0v) is 14.9. The molecule has 1 aliphatic carbocycles. The lowest BCUT2D eigenvalue weighted by molar-refractivity contribution is -0.160. The number of aryl methyl sites for hydroxylation is 1. The Morgan fingerprint density at radius 2 is 1.73 bits per heavy atom. The monoisotopic (exact) mass is 358 g/mol. The molecule has 26 heavy (non-hydrogen) atoms. The van der Waals surface area contributed by atoms with E-state index in [1.54, 1.807) is 18.2 Å². The van der Waals surface area contributed by atoms with Gasteiger partial charge in [0.25, 0.3) is 11.8 Å². The van der Waals surface area contributed by atoms with E-state index in [0.717, 1.165) is 29.7 Å². The number of hydrogen-bond donors (Lipinski definition) is 1. The third-order valence-electron chi connectivity index (χ3n) is 5.51. The number of likely N-dealkylation sites (N-methyl/N-ethyl adjacent to an activating group) is 1. The number of fused-ring (bicyclic) bond motifs is 1. The van der Waals surface area contributed by atoms with Gasteiger partial charge in [-0.15, -0.1) is 0 Å². The van der Waals surface area contributed by atoms with Gasteiger partial charge in [0, 0.05) is 7.05 Å². The molecule has 1 heterocycles. The molecule has 138 valence electrons. The summed E-state index contributed by atoms with van der Waals surface area (Å²) in [6.07, 6.45) is 3.17. The molecule has 3 amide bonds. The Balaban J connectivity index is 1.81. The molecular formula is C19H22N2O5. The predicted molar refractivity (Wildman–Crippen MR) is 92.8 cm³/mol. The molecule has 1 aromatic carbocycles. The quantitative estimate of drug-likeness (QED) is 0.829. The summed E-state index contributed by atoms with van der Waals surface area (Å²) in [7, 11) is 1.45. The molecule has 0 unspecified atom stereocenters. The Morgan fingerprint density at radius 1 is 1.12 bits per heavy atom. The van der Waals surface area contributed by atoms with Crippen LogP contribution in [0.1, 0.15) is 58.4 Å². The first-order valence-electron chi connectivity index (χ1n) is 8.75. The second kappa shape index (κ2) is 6.55. The first-order chi connectivity index (χ1) is 12.3. The standard InChI is InChI=1S/C19H22N2O5/c1-12-6-7-13-14(10-12)17(24)21(16(13)23)11-15(22)20(2)19(18(25)26)8-4-3-5-9-19/h6-7,10H,3-5,8-9,11H2,1-2H3,(H,25,26). The predicted octanol–water partition coefficient (Wildman–Crippen LogP) is 1.84. The molecular weight excluding hydrogens is 336 g/mol. The van der Waals surface area contributed by atoms with Gasteiger partial charge in [-0.05, 0) is 31.9 Å². The lowest BCUT2D eigenvalue weighted by Crippen LogP contribution is -2.58. The minimum absolute atomic E-state index is 0.279. The second-order valence-corrected chi connectivity index (χ2v) is 7.10. The zero-order chi connectivity index (χ0) is 19.1. The number of benzene rings is 1. The van der Waals surface area contributed by atoms with E-state index in [-0.39, 0.29) is 11.1 Å². The fourth-order valence-electron chi connectivity index (χ4n) is 3.86. The summed E-state index contributed by atoms with van der Waals surface area (Å²) in [4.78, 5) is 51.7. The molecule has 0 aromatic heterocycles. The molecule has 2 aliphatic rings. The third-order valence-corrected chi connectivity index (χ3v) is 5.51. The first-order valence-corrected chi connectivity index (χ1v) is 8.75. The van der Waals surface area contributed by atoms with Crippen LogP contribution in [0, 0.1) is 6.92 Å². The van der Waals surface area contributed by atoms with Crippen molar-refractivity contribution in [2.45, 2.75) is 44.6 Å². The number of carboxylic acids is 1. The van der Waals surface area contributed by atoms with Gasteiger partial charge in [-0.1, -0.05) is 30.9 Å². The highest BCUT2D eigenvalue weighted by molar-refractivity contribution is 6.22. The number of carbonyl (C=O) groups is 4. The van der Waals surface area contributed by atoms with E-state index in [9.17, 15) is 24.3 Å². The number of amides is 3. The lowest BCUT2D eigenvalue weighted by atomic mass is 9.80. The van der Waals surface area contributed by atoms with Crippen molar-refractivity contribution in [3.63, 3.8) is 0 Å². The smallest absolute Gasteiger partial charge is 0.329 e. The van der Waals surface area contributed by atoms with Crippen molar-refractivity contribution in [3.05, 3.63) is 34.9 Å². The van der Waals surface area contributed by atoms with Crippen molar-refractivity contribution >= 4 is 23.7 Å². The molecule has 0 spiro atoms. The summed E-state index contributed by atoms with van der Waals surface area (Å²) in [5.41, 5.74) is 0.157. The average molecular weight is 358 g/mol. The number of rotatable bonds is 4. The van der Waals surface area contributed by atoms with Crippen LogP contribution in [0.5, 0.6) is 0 Å². The van der Waals surface area contributed by atoms with Gasteiger partial charge < -0.3 is 10.0 Å². The molecule has 0 bridgehead atoms. The van der Waals surface area contributed by atoms with E-state index in [4.69, 9.17) is 0 Å². The van der Waals surface area contributed by atoms with Gasteiger partial charge >= 0.3 is 5.97 Å². The normalized spacial score (nSPS) is 18.6. The Bertz CT molecular complexity index is 795. The van der Waals surface area contributed by atoms with Gasteiger partial charge in [0.2, 0.25) is 5.91 Å². The summed E-state index contributed by atoms with van der Waals surface area (Å²) in [6.45, 7) is 1.37. The van der Waals surface area contributed by atoms with Crippen molar-refractivity contribution in [2.24, 2.45) is 0 Å². The van der Waals surface area contributed by atoms with E-state index in [1.165, 1.54) is 11.9 Å². The number of carbonyl (C=O) groups excluding carboxylic acids is 3. The maximum Gasteiger partial charge on any atom is 0.329 e. The zero-order valence-electron chi connectivity index (χ0n) is 14.9. The molecule has 1 aliphatic heterocycles. The largest absolute Gasteiger partial charge is 0.479 e. The van der Waals surface area contributed by atoms with Gasteiger partial charge in [-0.3, -0.25) is 19.3 Å². The first kappa shape index (κ1) is 18.1. The van der Waals surface area contributed by atoms with E-state index in [1.807, 2.05) is 6.92 Å². The van der Waals surface area contributed by atoms with Crippen LogP contribution in [-0.2, 0) is 9.59 Å². The highest BCUT2D eigenvalue weighted by atomic mass is 16.4. The maximum atomic E-state index is 12.7. The van der Waals surface area contributed by atoms with Crippen LogP contribution in [0.4, 0.5) is 0 Å². The Labute approximate surface area is 151 Å². The molecule has 0 saturated heterocycles. The highest BCUT2D eigenvalue weighted by Crippen LogP contribution is 2.34. The number of aliphatic carboxylic acids is 1. The van der Waals surface area contributed by atoms with E-state index < -0.39 is 35.8 Å². The van der Waals surface area contributed by atoms with Crippen molar-refractivity contribution in [1.29, 1.82) is 0 Å². The van der Waals surface area contributed by atoms with E-state index in [0.29, 0.717) is 12.8 Å². The van der Waals surface area contributed by atoms with Crippen LogP contribution < -0.4 is 0 Å². The van der Waals surface area contributed by atoms with Crippen LogP contribution in [-0.4, -0.2) is 57.7 Å². The summed E-state index contributed by atoms with van der Waals surface area (Å²) >= 11 is 0. The van der Waals surface area contributed by atoms with Crippen LogP contribution >= 0.6 is 0 Å². The Morgan fingerprint density at radius 3 is 2.35 bits per heavy atom. The third kappa shape index (κ3) is 2.77. The maximum absolute atomic E-state index is 12.7. The van der Waals surface area contributed by atoms with Crippen LogP contribution in [0.3, 0.4) is 0 Å². The molecule has 7 heteroatoms. The van der Waals surface area contributed by atoms with E-state index >= 15 is 0 Å². The number of nitrogens with zero attached hydrogens (tertiary/aromatic N) is 2. The van der Waals surface area contributed by atoms with Gasteiger partial charge in [-0.2, -0.15) is 0 Å². The van der Waals surface area contributed by atoms with Crippen LogP contribution in [0.2, 0.25) is 0 Å². The van der Waals surface area contributed by atoms with Gasteiger partial charge in [-0.25, -0.2) is 4.79 Å². The number of hydrogen-bond acceptors (Lipinski definition) is 4. The molecule has 0 atom stereocenters. The summed E-state index contributed by atoms with van der Waals surface area (Å²) in [5, 5.41) is 9.70. The van der Waals surface area contributed by atoms with Crippen molar-refractivity contribution in [1.82, 2.24) is 9.80 Å². The lowest BCUT2D eigenvalue weighted by Gasteiger charge is -2.41. The second-order valence-electron chi connectivity index (χ2n) is 7.10. The van der Waals surface area contributed by atoms with Gasteiger partial charge in [0.05, 0.1) is 11.1 Å². The molecule has 1 fully saturated rings. The average Bonchev–Trinajstić information content (AvgIpc) is 2.85. The van der Waals surface area contributed by atoms with E-state index in [2.05, 4.69) is 0 Å². The number of carboxylic acid groups (broad SMARTS) is 1. The SMILES string of the molecule is Cc1ccc2c(c1)C(=O)N(CC(=O)N(C)C1(C(=O)O)CCCCC1)C2=O. The van der Waals surface area contributed by atoms with Crippen LogP contribution in [0.25, 0.3) is 0 Å². The Hall–Kier alpha value is -2.70. The minimum atomic E-state index is -1.26. The van der Waals surface area contributed by atoms with Crippen molar-refractivity contribution in [3.8, 4) is 0 Å².